The van der Waals surface area contributed by atoms with Gasteiger partial charge in [0.1, 0.15) is 17.8 Å². The van der Waals surface area contributed by atoms with Gasteiger partial charge in [-0.3, -0.25) is 14.5 Å². The molecule has 1 spiro atoms. The lowest BCUT2D eigenvalue weighted by molar-refractivity contribution is -0.136. The molecule has 2 heterocycles. The van der Waals surface area contributed by atoms with Crippen molar-refractivity contribution in [2.45, 2.75) is 65.0 Å². The molecule has 27 heavy (non-hydrogen) atoms. The molecule has 1 saturated heterocycles. The summed E-state index contributed by atoms with van der Waals surface area (Å²) < 4.78 is 5.16. The first kappa shape index (κ1) is 19.5. The van der Waals surface area contributed by atoms with Crippen molar-refractivity contribution >= 4 is 17.8 Å². The van der Waals surface area contributed by atoms with Gasteiger partial charge in [-0.2, -0.15) is 0 Å². The third kappa shape index (κ3) is 3.87. The van der Waals surface area contributed by atoms with E-state index < -0.39 is 11.6 Å². The van der Waals surface area contributed by atoms with Crippen molar-refractivity contribution in [3.8, 4) is 0 Å². The number of amides is 4. The standard InChI is InChI=1S/C20H29N3O4/c1-4-19(2,3)14-7-9-20(10-8-14)17(25)23(18(26)22-20)13-16(24)21-12-15-6-5-11-27-15/h5-6,11,14H,4,7-10,12-13H2,1-3H3,(H,21,24)(H,22,26). The molecule has 1 aromatic heterocycles. The Balaban J connectivity index is 1.58. The van der Waals surface area contributed by atoms with Gasteiger partial charge in [0, 0.05) is 0 Å². The first-order valence-electron chi connectivity index (χ1n) is 9.70. The van der Waals surface area contributed by atoms with Crippen LogP contribution in [0.3, 0.4) is 0 Å². The van der Waals surface area contributed by atoms with E-state index >= 15 is 0 Å². The minimum Gasteiger partial charge on any atom is -0.467 e. The lowest BCUT2D eigenvalue weighted by Gasteiger charge is -2.42. The predicted molar refractivity (Wildman–Crippen MR) is 99.6 cm³/mol. The molecule has 7 heteroatoms. The maximum atomic E-state index is 12.9. The van der Waals surface area contributed by atoms with Crippen molar-refractivity contribution in [3.05, 3.63) is 24.2 Å². The first-order chi connectivity index (χ1) is 12.8. The van der Waals surface area contributed by atoms with Gasteiger partial charge in [0.15, 0.2) is 0 Å². The fourth-order valence-corrected chi connectivity index (χ4v) is 4.14. The fourth-order valence-electron chi connectivity index (χ4n) is 4.14. The SMILES string of the molecule is CCC(C)(C)C1CCC2(CC1)NC(=O)N(CC(=O)NCc1ccco1)C2=O. The van der Waals surface area contributed by atoms with Gasteiger partial charge < -0.3 is 15.1 Å². The van der Waals surface area contributed by atoms with Crippen LogP contribution >= 0.6 is 0 Å². The van der Waals surface area contributed by atoms with Crippen molar-refractivity contribution in [1.29, 1.82) is 0 Å². The molecule has 4 amide bonds. The van der Waals surface area contributed by atoms with E-state index in [2.05, 4.69) is 31.4 Å². The number of hydrogen-bond acceptors (Lipinski definition) is 4. The van der Waals surface area contributed by atoms with Crippen LogP contribution in [-0.4, -0.2) is 34.8 Å². The summed E-state index contributed by atoms with van der Waals surface area (Å²) in [5, 5.41) is 5.55. The zero-order valence-electron chi connectivity index (χ0n) is 16.3. The zero-order chi connectivity index (χ0) is 19.7. The van der Waals surface area contributed by atoms with E-state index in [1.54, 1.807) is 12.1 Å². The molecule has 148 valence electrons. The maximum Gasteiger partial charge on any atom is 0.325 e. The molecule has 7 nitrogen and oxygen atoms in total. The van der Waals surface area contributed by atoms with Gasteiger partial charge >= 0.3 is 6.03 Å². The molecule has 0 radical (unpaired) electrons. The Hall–Kier alpha value is -2.31. The van der Waals surface area contributed by atoms with E-state index in [0.717, 1.165) is 24.2 Å². The largest absolute Gasteiger partial charge is 0.467 e. The summed E-state index contributed by atoms with van der Waals surface area (Å²) in [6.07, 6.45) is 5.70. The number of rotatable bonds is 6. The molecule has 0 atom stereocenters. The Labute approximate surface area is 159 Å². The number of furan rings is 1. The molecule has 1 saturated carbocycles. The average molecular weight is 375 g/mol. The molecule has 2 fully saturated rings. The molecule has 0 unspecified atom stereocenters. The van der Waals surface area contributed by atoms with Crippen LogP contribution in [0.4, 0.5) is 4.79 Å². The van der Waals surface area contributed by atoms with Crippen LogP contribution < -0.4 is 10.6 Å². The van der Waals surface area contributed by atoms with Crippen LogP contribution in [0, 0.1) is 11.3 Å². The van der Waals surface area contributed by atoms with Gasteiger partial charge in [0.25, 0.3) is 5.91 Å². The van der Waals surface area contributed by atoms with E-state index in [-0.39, 0.29) is 30.3 Å². The minimum atomic E-state index is -0.835. The summed E-state index contributed by atoms with van der Waals surface area (Å²) >= 11 is 0. The second-order valence-electron chi connectivity index (χ2n) is 8.38. The molecule has 1 aliphatic carbocycles. The number of imide groups is 1. The highest BCUT2D eigenvalue weighted by atomic mass is 16.3. The zero-order valence-corrected chi connectivity index (χ0v) is 16.3. The van der Waals surface area contributed by atoms with Crippen LogP contribution in [0.5, 0.6) is 0 Å². The van der Waals surface area contributed by atoms with Gasteiger partial charge in [-0.05, 0) is 49.1 Å². The highest BCUT2D eigenvalue weighted by Gasteiger charge is 2.53. The van der Waals surface area contributed by atoms with Gasteiger partial charge in [-0.25, -0.2) is 4.79 Å². The third-order valence-corrected chi connectivity index (χ3v) is 6.44. The molecular formula is C20H29N3O4. The van der Waals surface area contributed by atoms with E-state index in [1.807, 2.05) is 0 Å². The summed E-state index contributed by atoms with van der Waals surface area (Å²) in [6, 6.07) is 3.01. The number of nitrogens with one attached hydrogen (secondary N) is 2. The smallest absolute Gasteiger partial charge is 0.325 e. The highest BCUT2D eigenvalue weighted by Crippen LogP contribution is 2.45. The summed E-state index contributed by atoms with van der Waals surface area (Å²) in [7, 11) is 0. The number of carbonyl (C=O) groups excluding carboxylic acids is 3. The van der Waals surface area contributed by atoms with Crippen molar-refractivity contribution in [1.82, 2.24) is 15.5 Å². The van der Waals surface area contributed by atoms with Crippen LogP contribution in [0.25, 0.3) is 0 Å². The fraction of sp³-hybridized carbons (Fsp3) is 0.650. The predicted octanol–water partition coefficient (Wildman–Crippen LogP) is 2.81. The average Bonchev–Trinajstić information content (AvgIpc) is 3.24. The number of hydrogen-bond donors (Lipinski definition) is 2. The van der Waals surface area contributed by atoms with Crippen molar-refractivity contribution in [2.24, 2.45) is 11.3 Å². The molecular weight excluding hydrogens is 346 g/mol. The molecule has 1 aliphatic heterocycles. The second kappa shape index (κ2) is 7.37. The minimum absolute atomic E-state index is 0.231. The van der Waals surface area contributed by atoms with E-state index in [0.29, 0.717) is 24.5 Å². The molecule has 3 rings (SSSR count). The number of urea groups is 1. The molecule has 0 bridgehead atoms. The van der Waals surface area contributed by atoms with E-state index in [4.69, 9.17) is 4.42 Å². The van der Waals surface area contributed by atoms with E-state index in [9.17, 15) is 14.4 Å². The topological polar surface area (TPSA) is 91.7 Å². The maximum absolute atomic E-state index is 12.9. The summed E-state index contributed by atoms with van der Waals surface area (Å²) in [5.41, 5.74) is -0.600. The molecule has 2 aliphatic rings. The van der Waals surface area contributed by atoms with Gasteiger partial charge in [0.05, 0.1) is 12.8 Å². The highest BCUT2D eigenvalue weighted by molar-refractivity contribution is 6.09. The summed E-state index contributed by atoms with van der Waals surface area (Å²) in [5.74, 6) is 0.513. The Morgan fingerprint density at radius 1 is 1.37 bits per heavy atom. The van der Waals surface area contributed by atoms with Gasteiger partial charge in [0.2, 0.25) is 5.91 Å². The van der Waals surface area contributed by atoms with Gasteiger partial charge in [-0.15, -0.1) is 0 Å². The molecule has 2 N–H and O–H groups in total. The lowest BCUT2D eigenvalue weighted by atomic mass is 9.65. The second-order valence-corrected chi connectivity index (χ2v) is 8.38. The quantitative estimate of drug-likeness (QED) is 0.748. The Bertz CT molecular complexity index is 703. The summed E-state index contributed by atoms with van der Waals surface area (Å²) in [6.45, 7) is 6.68. The van der Waals surface area contributed by atoms with Crippen LogP contribution in [0.1, 0.15) is 58.6 Å². The molecule has 1 aromatic rings. The Kier molecular flexibility index (Phi) is 5.31. The lowest BCUT2D eigenvalue weighted by Crippen LogP contribution is -2.51. The number of nitrogens with zero attached hydrogens (tertiary/aromatic N) is 1. The Morgan fingerprint density at radius 3 is 2.67 bits per heavy atom. The normalized spacial score (nSPS) is 25.7. The third-order valence-electron chi connectivity index (χ3n) is 6.44. The van der Waals surface area contributed by atoms with Gasteiger partial charge in [-0.1, -0.05) is 27.2 Å². The monoisotopic (exact) mass is 375 g/mol. The Morgan fingerprint density at radius 2 is 2.07 bits per heavy atom. The number of carbonyl (C=O) groups is 3. The van der Waals surface area contributed by atoms with Crippen molar-refractivity contribution in [2.75, 3.05) is 6.54 Å². The van der Waals surface area contributed by atoms with Crippen molar-refractivity contribution < 1.29 is 18.8 Å². The first-order valence-corrected chi connectivity index (χ1v) is 9.70. The summed E-state index contributed by atoms with van der Waals surface area (Å²) in [4.78, 5) is 38.5. The van der Waals surface area contributed by atoms with E-state index in [1.165, 1.54) is 6.26 Å². The van der Waals surface area contributed by atoms with Crippen LogP contribution in [-0.2, 0) is 16.1 Å². The van der Waals surface area contributed by atoms with Crippen molar-refractivity contribution in [3.63, 3.8) is 0 Å². The van der Waals surface area contributed by atoms with Crippen LogP contribution in [0.2, 0.25) is 0 Å². The molecule has 0 aromatic carbocycles. The van der Waals surface area contributed by atoms with Crippen LogP contribution in [0.15, 0.2) is 22.8 Å².